The van der Waals surface area contributed by atoms with Gasteiger partial charge in [0.15, 0.2) is 0 Å². The SMILES string of the molecule is CCCCCCCCC(CCCCCCCC)OC(=O)CCCCCCCOC[C@@H]1CC(N)CN1CCCCCC(C)=O. The van der Waals surface area contributed by atoms with Gasteiger partial charge in [-0.3, -0.25) is 9.69 Å². The van der Waals surface area contributed by atoms with Crippen LogP contribution < -0.4 is 5.73 Å². The first-order chi connectivity index (χ1) is 21.0. The fraction of sp³-hybridized carbons (Fsp3) is 0.946. The lowest BCUT2D eigenvalue weighted by Crippen LogP contribution is -2.34. The van der Waals surface area contributed by atoms with Crippen molar-refractivity contribution in [3.63, 3.8) is 0 Å². The molecule has 1 heterocycles. The van der Waals surface area contributed by atoms with Crippen LogP contribution in [0.3, 0.4) is 0 Å². The molecule has 2 N–H and O–H groups in total. The number of nitrogens with two attached hydrogens (primary N) is 1. The number of likely N-dealkylation sites (tertiary alicyclic amines) is 1. The van der Waals surface area contributed by atoms with Crippen molar-refractivity contribution in [2.75, 3.05) is 26.3 Å². The van der Waals surface area contributed by atoms with E-state index in [0.29, 0.717) is 24.7 Å². The first kappa shape index (κ1) is 40.0. The second-order valence-corrected chi connectivity index (χ2v) is 13.5. The van der Waals surface area contributed by atoms with Gasteiger partial charge in [0.05, 0.1) is 6.61 Å². The maximum atomic E-state index is 12.6. The number of ether oxygens (including phenoxy) is 2. The molecule has 0 spiro atoms. The summed E-state index contributed by atoms with van der Waals surface area (Å²) in [5, 5.41) is 0. The van der Waals surface area contributed by atoms with Gasteiger partial charge in [-0.15, -0.1) is 0 Å². The first-order valence-corrected chi connectivity index (χ1v) is 18.7. The summed E-state index contributed by atoms with van der Waals surface area (Å²) in [4.78, 5) is 26.2. The molecule has 0 aromatic carbocycles. The van der Waals surface area contributed by atoms with E-state index in [1.807, 2.05) is 0 Å². The number of ketones is 1. The summed E-state index contributed by atoms with van der Waals surface area (Å²) in [5.41, 5.74) is 6.24. The van der Waals surface area contributed by atoms with Crippen molar-refractivity contribution in [3.05, 3.63) is 0 Å². The number of hydrogen-bond donors (Lipinski definition) is 1. The van der Waals surface area contributed by atoms with Crippen molar-refractivity contribution >= 4 is 11.8 Å². The minimum Gasteiger partial charge on any atom is -0.462 e. The van der Waals surface area contributed by atoms with Crippen molar-refractivity contribution in [1.29, 1.82) is 0 Å². The van der Waals surface area contributed by atoms with Crippen molar-refractivity contribution < 1.29 is 19.1 Å². The molecular formula is C37H72N2O4. The van der Waals surface area contributed by atoms with E-state index < -0.39 is 0 Å². The molecule has 43 heavy (non-hydrogen) atoms. The molecule has 0 bridgehead atoms. The summed E-state index contributed by atoms with van der Waals surface area (Å²) in [6.45, 7) is 9.79. The summed E-state index contributed by atoms with van der Waals surface area (Å²) in [7, 11) is 0. The number of carbonyl (C=O) groups is 2. The molecule has 0 radical (unpaired) electrons. The van der Waals surface area contributed by atoms with Crippen molar-refractivity contribution in [2.45, 2.75) is 199 Å². The fourth-order valence-electron chi connectivity index (χ4n) is 6.37. The zero-order valence-corrected chi connectivity index (χ0v) is 28.9. The second kappa shape index (κ2) is 28.5. The summed E-state index contributed by atoms with van der Waals surface area (Å²) in [5.74, 6) is 0.307. The number of rotatable bonds is 31. The van der Waals surface area contributed by atoms with Gasteiger partial charge in [-0.25, -0.2) is 0 Å². The van der Waals surface area contributed by atoms with Crippen LogP contribution in [0.4, 0.5) is 0 Å². The van der Waals surface area contributed by atoms with E-state index in [1.54, 1.807) is 6.92 Å². The molecule has 0 saturated carbocycles. The Kier molecular flexibility index (Phi) is 26.5. The zero-order valence-electron chi connectivity index (χ0n) is 28.9. The maximum Gasteiger partial charge on any atom is 0.306 e. The van der Waals surface area contributed by atoms with Gasteiger partial charge in [0.25, 0.3) is 0 Å². The summed E-state index contributed by atoms with van der Waals surface area (Å²) in [6.07, 6.45) is 28.6. The van der Waals surface area contributed by atoms with Gasteiger partial charge in [-0.1, -0.05) is 104 Å². The van der Waals surface area contributed by atoms with Crippen LogP contribution in [-0.4, -0.2) is 61.1 Å². The molecule has 0 aliphatic carbocycles. The normalized spacial score (nSPS) is 17.2. The predicted molar refractivity (Wildman–Crippen MR) is 181 cm³/mol. The Labute approximate surface area is 267 Å². The molecule has 1 fully saturated rings. The Bertz CT molecular complexity index is 643. The van der Waals surface area contributed by atoms with E-state index in [-0.39, 0.29) is 18.1 Å². The van der Waals surface area contributed by atoms with E-state index in [4.69, 9.17) is 15.2 Å². The molecule has 0 amide bonds. The molecule has 6 heteroatoms. The average Bonchev–Trinajstić information content (AvgIpc) is 3.33. The van der Waals surface area contributed by atoms with Crippen LogP contribution in [0, 0.1) is 0 Å². The molecule has 1 unspecified atom stereocenters. The number of carbonyl (C=O) groups excluding carboxylic acids is 2. The van der Waals surface area contributed by atoms with Crippen LogP contribution in [0.15, 0.2) is 0 Å². The largest absolute Gasteiger partial charge is 0.462 e. The molecule has 6 nitrogen and oxygen atoms in total. The van der Waals surface area contributed by atoms with E-state index in [9.17, 15) is 9.59 Å². The smallest absolute Gasteiger partial charge is 0.306 e. The van der Waals surface area contributed by atoms with Crippen LogP contribution in [-0.2, 0) is 19.1 Å². The maximum absolute atomic E-state index is 12.6. The average molecular weight is 609 g/mol. The van der Waals surface area contributed by atoms with Crippen LogP contribution in [0.1, 0.15) is 181 Å². The standard InChI is InChI=1S/C37H72N2O4/c1-4-6-8-10-13-19-25-36(26-20-14-11-9-7-5-2)43-37(41)27-21-15-12-16-23-29-42-32-35-30-34(38)31-39(35)28-22-17-18-24-33(3)40/h34-36H,4-32,38H2,1-3H3/t34?,35-/m0/s1. The first-order valence-electron chi connectivity index (χ1n) is 18.7. The van der Waals surface area contributed by atoms with Gasteiger partial charge in [0.2, 0.25) is 0 Å². The highest BCUT2D eigenvalue weighted by molar-refractivity contribution is 5.75. The highest BCUT2D eigenvalue weighted by Gasteiger charge is 2.29. The third-order valence-electron chi connectivity index (χ3n) is 9.07. The van der Waals surface area contributed by atoms with E-state index in [2.05, 4.69) is 18.7 Å². The van der Waals surface area contributed by atoms with Gasteiger partial charge < -0.3 is 20.0 Å². The molecule has 0 aromatic heterocycles. The number of nitrogens with zero attached hydrogens (tertiary/aromatic N) is 1. The Morgan fingerprint density at radius 1 is 0.721 bits per heavy atom. The van der Waals surface area contributed by atoms with Gasteiger partial charge in [-0.2, -0.15) is 0 Å². The zero-order chi connectivity index (χ0) is 31.4. The summed E-state index contributed by atoms with van der Waals surface area (Å²) >= 11 is 0. The molecular weight excluding hydrogens is 536 g/mol. The topological polar surface area (TPSA) is 81.9 Å². The molecule has 1 aliphatic heterocycles. The van der Waals surface area contributed by atoms with E-state index >= 15 is 0 Å². The highest BCUT2D eigenvalue weighted by Crippen LogP contribution is 2.20. The fourth-order valence-corrected chi connectivity index (χ4v) is 6.37. The van der Waals surface area contributed by atoms with Crippen molar-refractivity contribution in [3.8, 4) is 0 Å². The van der Waals surface area contributed by atoms with Crippen molar-refractivity contribution in [2.24, 2.45) is 5.73 Å². The number of Topliss-reactive ketones (excluding diaryl/α,β-unsaturated/α-hetero) is 1. The summed E-state index contributed by atoms with van der Waals surface area (Å²) < 4.78 is 12.0. The Morgan fingerprint density at radius 2 is 1.26 bits per heavy atom. The molecule has 1 aliphatic rings. The minimum absolute atomic E-state index is 0.0171. The van der Waals surface area contributed by atoms with Crippen LogP contribution >= 0.6 is 0 Å². The van der Waals surface area contributed by atoms with Crippen LogP contribution in [0.25, 0.3) is 0 Å². The van der Waals surface area contributed by atoms with Crippen LogP contribution in [0.2, 0.25) is 0 Å². The molecule has 1 saturated heterocycles. The van der Waals surface area contributed by atoms with Crippen LogP contribution in [0.5, 0.6) is 0 Å². The van der Waals surface area contributed by atoms with Gasteiger partial charge in [0, 0.05) is 38.1 Å². The summed E-state index contributed by atoms with van der Waals surface area (Å²) in [6, 6.07) is 0.679. The molecule has 2 atom stereocenters. The van der Waals surface area contributed by atoms with Gasteiger partial charge in [0.1, 0.15) is 11.9 Å². The van der Waals surface area contributed by atoms with E-state index in [0.717, 1.165) is 96.9 Å². The lowest BCUT2D eigenvalue weighted by Gasteiger charge is -2.24. The quantitative estimate of drug-likeness (QED) is 0.0624. The number of esters is 1. The number of hydrogen-bond acceptors (Lipinski definition) is 6. The highest BCUT2D eigenvalue weighted by atomic mass is 16.5. The third kappa shape index (κ3) is 24.0. The predicted octanol–water partition coefficient (Wildman–Crippen LogP) is 9.31. The molecule has 254 valence electrons. The molecule has 1 rings (SSSR count). The lowest BCUT2D eigenvalue weighted by atomic mass is 10.0. The van der Waals surface area contributed by atoms with Crippen molar-refractivity contribution in [1.82, 2.24) is 4.90 Å². The monoisotopic (exact) mass is 609 g/mol. The van der Waals surface area contributed by atoms with Gasteiger partial charge in [-0.05, 0) is 71.3 Å². The number of unbranched alkanes of at least 4 members (excludes halogenated alkanes) is 16. The third-order valence-corrected chi connectivity index (χ3v) is 9.07. The minimum atomic E-state index is 0.0171. The lowest BCUT2D eigenvalue weighted by molar-refractivity contribution is -0.150. The Morgan fingerprint density at radius 3 is 1.88 bits per heavy atom. The molecule has 0 aromatic rings. The van der Waals surface area contributed by atoms with E-state index in [1.165, 1.54) is 77.0 Å². The Balaban J connectivity index is 2.12. The van der Waals surface area contributed by atoms with Gasteiger partial charge >= 0.3 is 5.97 Å². The second-order valence-electron chi connectivity index (χ2n) is 13.5. The Hall–Kier alpha value is -0.980.